The normalized spacial score (nSPS) is 11.1. The number of pyridine rings is 1. The number of benzene rings is 1. The Balaban J connectivity index is 2.13. The summed E-state index contributed by atoms with van der Waals surface area (Å²) in [5, 5.41) is 0. The van der Waals surface area contributed by atoms with Gasteiger partial charge >= 0.3 is 0 Å². The lowest BCUT2D eigenvalue weighted by Crippen LogP contribution is -2.08. The van der Waals surface area contributed by atoms with Gasteiger partial charge in [-0.25, -0.2) is 4.98 Å². The van der Waals surface area contributed by atoms with Gasteiger partial charge in [0.15, 0.2) is 0 Å². The molecule has 2 N–H and O–H groups in total. The molecule has 3 rings (SSSR count). The fourth-order valence-electron chi connectivity index (χ4n) is 2.63. The smallest absolute Gasteiger partial charge is 0.201 e. The Bertz CT molecular complexity index is 758. The molecule has 4 heteroatoms. The first-order valence-electron chi connectivity index (χ1n) is 6.84. The summed E-state index contributed by atoms with van der Waals surface area (Å²) in [6.45, 7) is 4.89. The highest BCUT2D eigenvalue weighted by Gasteiger charge is 2.12. The first kappa shape index (κ1) is 12.7. The molecule has 2 aromatic heterocycles. The molecule has 0 fully saturated rings. The highest BCUT2D eigenvalue weighted by Crippen LogP contribution is 2.23. The summed E-state index contributed by atoms with van der Waals surface area (Å²) < 4.78 is 2.05. The van der Waals surface area contributed by atoms with Crippen LogP contribution in [0, 0.1) is 6.92 Å². The highest BCUT2D eigenvalue weighted by atomic mass is 15.2. The lowest BCUT2D eigenvalue weighted by atomic mass is 10.1. The van der Waals surface area contributed by atoms with Crippen LogP contribution >= 0.6 is 0 Å². The number of anilines is 1. The van der Waals surface area contributed by atoms with E-state index in [-0.39, 0.29) is 0 Å². The lowest BCUT2D eigenvalue weighted by molar-refractivity contribution is 0.791. The van der Waals surface area contributed by atoms with Crippen LogP contribution in [0.25, 0.3) is 11.0 Å². The number of nitrogen functional groups attached to an aromatic ring is 1. The number of hydrogen-bond acceptors (Lipinski definition) is 3. The van der Waals surface area contributed by atoms with Gasteiger partial charge in [-0.3, -0.25) is 4.98 Å². The molecule has 0 aliphatic carbocycles. The maximum Gasteiger partial charge on any atom is 0.201 e. The third-order valence-electron chi connectivity index (χ3n) is 3.67. The van der Waals surface area contributed by atoms with Crippen molar-refractivity contribution in [3.05, 3.63) is 53.3 Å². The number of hydrogen-bond donors (Lipinski definition) is 1. The Morgan fingerprint density at radius 2 is 2.05 bits per heavy atom. The molecule has 4 nitrogen and oxygen atoms in total. The van der Waals surface area contributed by atoms with Crippen LogP contribution in [-0.4, -0.2) is 14.5 Å². The molecule has 2 heterocycles. The van der Waals surface area contributed by atoms with E-state index in [4.69, 9.17) is 5.73 Å². The van der Waals surface area contributed by atoms with Gasteiger partial charge in [-0.05, 0) is 36.6 Å². The molecule has 0 aliphatic rings. The second kappa shape index (κ2) is 4.96. The first-order valence-corrected chi connectivity index (χ1v) is 6.84. The molecule has 0 aliphatic heterocycles. The van der Waals surface area contributed by atoms with Gasteiger partial charge in [-0.1, -0.05) is 25.1 Å². The van der Waals surface area contributed by atoms with Crippen LogP contribution < -0.4 is 5.73 Å². The van der Waals surface area contributed by atoms with Crippen LogP contribution in [0.1, 0.15) is 23.7 Å². The number of aromatic nitrogens is 3. The second-order valence-corrected chi connectivity index (χ2v) is 4.96. The largest absolute Gasteiger partial charge is 0.369 e. The minimum atomic E-state index is 0.544. The van der Waals surface area contributed by atoms with Gasteiger partial charge in [0.1, 0.15) is 0 Å². The Kier molecular flexibility index (Phi) is 3.14. The van der Waals surface area contributed by atoms with Crippen molar-refractivity contribution in [3.8, 4) is 0 Å². The number of imidazole rings is 1. The number of para-hydroxylation sites is 1. The molecule has 0 radical (unpaired) electrons. The molecule has 0 atom stereocenters. The summed E-state index contributed by atoms with van der Waals surface area (Å²) in [6, 6.07) is 10.2. The predicted octanol–water partition coefficient (Wildman–Crippen LogP) is 2.93. The highest BCUT2D eigenvalue weighted by molar-refractivity contribution is 5.81. The maximum atomic E-state index is 6.09. The van der Waals surface area contributed by atoms with Gasteiger partial charge in [0.25, 0.3) is 0 Å². The van der Waals surface area contributed by atoms with E-state index in [1.165, 1.54) is 11.1 Å². The molecule has 0 spiro atoms. The summed E-state index contributed by atoms with van der Waals surface area (Å²) >= 11 is 0. The zero-order valence-electron chi connectivity index (χ0n) is 11.8. The van der Waals surface area contributed by atoms with E-state index >= 15 is 0 Å². The topological polar surface area (TPSA) is 56.7 Å². The zero-order chi connectivity index (χ0) is 14.1. The quantitative estimate of drug-likeness (QED) is 0.793. The third kappa shape index (κ3) is 2.03. The molecule has 1 aromatic carbocycles. The monoisotopic (exact) mass is 266 g/mol. The van der Waals surface area contributed by atoms with E-state index in [0.29, 0.717) is 12.5 Å². The van der Waals surface area contributed by atoms with Gasteiger partial charge in [0, 0.05) is 6.20 Å². The third-order valence-corrected chi connectivity index (χ3v) is 3.67. The molecule has 0 saturated heterocycles. The van der Waals surface area contributed by atoms with E-state index in [0.717, 1.165) is 23.1 Å². The average Bonchev–Trinajstić information content (AvgIpc) is 2.77. The number of aryl methyl sites for hydroxylation is 2. The van der Waals surface area contributed by atoms with E-state index in [1.54, 1.807) is 0 Å². The molecule has 20 heavy (non-hydrogen) atoms. The van der Waals surface area contributed by atoms with E-state index in [1.807, 2.05) is 29.0 Å². The fraction of sp³-hybridized carbons (Fsp3) is 0.250. The number of rotatable bonds is 3. The number of nitrogens with two attached hydrogens (primary N) is 1. The fourth-order valence-corrected chi connectivity index (χ4v) is 2.63. The minimum Gasteiger partial charge on any atom is -0.369 e. The van der Waals surface area contributed by atoms with Gasteiger partial charge < -0.3 is 10.3 Å². The maximum absolute atomic E-state index is 6.09. The van der Waals surface area contributed by atoms with Crippen molar-refractivity contribution in [2.45, 2.75) is 26.8 Å². The van der Waals surface area contributed by atoms with Crippen molar-refractivity contribution < 1.29 is 0 Å². The molecule has 3 aromatic rings. The predicted molar refractivity (Wildman–Crippen MR) is 81.6 cm³/mol. The average molecular weight is 266 g/mol. The van der Waals surface area contributed by atoms with Gasteiger partial charge in [-0.2, -0.15) is 0 Å². The van der Waals surface area contributed by atoms with Gasteiger partial charge in [0.2, 0.25) is 5.95 Å². The molecule has 0 unspecified atom stereocenters. The van der Waals surface area contributed by atoms with Crippen molar-refractivity contribution in [3.63, 3.8) is 0 Å². The molecule has 102 valence electrons. The molecule has 0 saturated carbocycles. The lowest BCUT2D eigenvalue weighted by Gasteiger charge is -2.10. The van der Waals surface area contributed by atoms with Gasteiger partial charge in [-0.15, -0.1) is 0 Å². The minimum absolute atomic E-state index is 0.544. The standard InChI is InChI=1S/C16H18N4/c1-3-12-7-5-9-18-14(12)10-20-15-11(2)6-4-8-13(15)19-16(20)17/h4-9H,3,10H2,1-2H3,(H2,17,19). The van der Waals surface area contributed by atoms with Gasteiger partial charge in [0.05, 0.1) is 23.3 Å². The molecule has 0 amide bonds. The Morgan fingerprint density at radius 3 is 2.85 bits per heavy atom. The summed E-state index contributed by atoms with van der Waals surface area (Å²) in [4.78, 5) is 8.94. The summed E-state index contributed by atoms with van der Waals surface area (Å²) in [5.41, 5.74) is 11.6. The van der Waals surface area contributed by atoms with E-state index in [2.05, 4.69) is 35.9 Å². The van der Waals surface area contributed by atoms with Crippen LogP contribution in [0.2, 0.25) is 0 Å². The van der Waals surface area contributed by atoms with Crippen molar-refractivity contribution in [1.82, 2.24) is 14.5 Å². The number of fused-ring (bicyclic) bond motifs is 1. The molecule has 0 bridgehead atoms. The van der Waals surface area contributed by atoms with E-state index < -0.39 is 0 Å². The Morgan fingerprint density at radius 1 is 1.20 bits per heavy atom. The summed E-state index contributed by atoms with van der Waals surface area (Å²) in [7, 11) is 0. The Labute approximate surface area is 118 Å². The van der Waals surface area contributed by atoms with Crippen LogP contribution in [0.5, 0.6) is 0 Å². The number of nitrogens with zero attached hydrogens (tertiary/aromatic N) is 3. The second-order valence-electron chi connectivity index (χ2n) is 4.96. The SMILES string of the molecule is CCc1cccnc1Cn1c(N)nc2cccc(C)c21. The molecular formula is C16H18N4. The molecular weight excluding hydrogens is 248 g/mol. The van der Waals surface area contributed by atoms with Crippen LogP contribution in [0.3, 0.4) is 0 Å². The van der Waals surface area contributed by atoms with Crippen molar-refractivity contribution >= 4 is 17.0 Å². The first-order chi connectivity index (χ1) is 9.70. The van der Waals surface area contributed by atoms with Crippen molar-refractivity contribution in [2.24, 2.45) is 0 Å². The van der Waals surface area contributed by atoms with Crippen LogP contribution in [0.4, 0.5) is 5.95 Å². The Hall–Kier alpha value is -2.36. The summed E-state index contributed by atoms with van der Waals surface area (Å²) in [5.74, 6) is 0.544. The summed E-state index contributed by atoms with van der Waals surface area (Å²) in [6.07, 6.45) is 2.80. The van der Waals surface area contributed by atoms with Crippen LogP contribution in [0.15, 0.2) is 36.5 Å². The van der Waals surface area contributed by atoms with E-state index in [9.17, 15) is 0 Å². The van der Waals surface area contributed by atoms with Crippen molar-refractivity contribution in [1.29, 1.82) is 0 Å². The van der Waals surface area contributed by atoms with Crippen LogP contribution in [-0.2, 0) is 13.0 Å². The van der Waals surface area contributed by atoms with Crippen molar-refractivity contribution in [2.75, 3.05) is 5.73 Å². The zero-order valence-corrected chi connectivity index (χ0v) is 11.8.